The van der Waals surface area contributed by atoms with Gasteiger partial charge in [-0.15, -0.1) is 0 Å². The van der Waals surface area contributed by atoms with Gasteiger partial charge in [-0.1, -0.05) is 6.07 Å². The van der Waals surface area contributed by atoms with Crippen molar-refractivity contribution < 1.29 is 13.6 Å². The van der Waals surface area contributed by atoms with Crippen LogP contribution in [0.25, 0.3) is 0 Å². The third kappa shape index (κ3) is 2.98. The first-order chi connectivity index (χ1) is 9.54. The van der Waals surface area contributed by atoms with Gasteiger partial charge in [0, 0.05) is 19.1 Å². The Morgan fingerprint density at radius 1 is 1.20 bits per heavy atom. The SMILES string of the molecule is CNC1CCC(N(C)C(=O)c2c(F)cccc2F)CC1. The van der Waals surface area contributed by atoms with E-state index in [-0.39, 0.29) is 6.04 Å². The van der Waals surface area contributed by atoms with Crippen molar-refractivity contribution in [2.45, 2.75) is 37.8 Å². The number of nitrogens with one attached hydrogen (secondary N) is 1. The zero-order valence-corrected chi connectivity index (χ0v) is 11.8. The van der Waals surface area contributed by atoms with Gasteiger partial charge in [-0.3, -0.25) is 4.79 Å². The number of rotatable bonds is 3. The van der Waals surface area contributed by atoms with Gasteiger partial charge in [-0.05, 0) is 44.9 Å². The smallest absolute Gasteiger partial charge is 0.259 e. The van der Waals surface area contributed by atoms with Gasteiger partial charge < -0.3 is 10.2 Å². The van der Waals surface area contributed by atoms with Crippen LogP contribution in [-0.4, -0.2) is 37.0 Å². The summed E-state index contributed by atoms with van der Waals surface area (Å²) >= 11 is 0. The predicted octanol–water partition coefficient (Wildman–Crippen LogP) is 2.57. The monoisotopic (exact) mass is 282 g/mol. The summed E-state index contributed by atoms with van der Waals surface area (Å²) < 4.78 is 27.3. The van der Waals surface area contributed by atoms with Crippen molar-refractivity contribution in [1.82, 2.24) is 10.2 Å². The second-order valence-electron chi connectivity index (χ2n) is 5.31. The maximum absolute atomic E-state index is 13.6. The Hall–Kier alpha value is -1.49. The van der Waals surface area contributed by atoms with Crippen LogP contribution in [0.2, 0.25) is 0 Å². The molecule has 0 spiro atoms. The van der Waals surface area contributed by atoms with Crippen molar-refractivity contribution in [3.8, 4) is 0 Å². The lowest BCUT2D eigenvalue weighted by molar-refractivity contribution is 0.0676. The fourth-order valence-electron chi connectivity index (χ4n) is 2.80. The number of halogens is 2. The molecule has 0 atom stereocenters. The lowest BCUT2D eigenvalue weighted by atomic mass is 9.90. The van der Waals surface area contributed by atoms with E-state index in [2.05, 4.69) is 5.32 Å². The highest BCUT2D eigenvalue weighted by Crippen LogP contribution is 2.24. The zero-order valence-electron chi connectivity index (χ0n) is 11.8. The number of hydrogen-bond donors (Lipinski definition) is 1. The average Bonchev–Trinajstić information content (AvgIpc) is 2.46. The van der Waals surface area contributed by atoms with Crippen molar-refractivity contribution in [2.75, 3.05) is 14.1 Å². The van der Waals surface area contributed by atoms with E-state index in [0.29, 0.717) is 6.04 Å². The molecule has 3 nitrogen and oxygen atoms in total. The molecular formula is C15H20F2N2O. The molecule has 1 aliphatic rings. The Morgan fingerprint density at radius 2 is 1.75 bits per heavy atom. The Bertz CT molecular complexity index is 465. The molecule has 1 aromatic rings. The van der Waals surface area contributed by atoms with E-state index in [1.165, 1.54) is 11.0 Å². The molecule has 1 amide bonds. The normalized spacial score (nSPS) is 22.6. The molecule has 1 aromatic carbocycles. The van der Waals surface area contributed by atoms with Crippen LogP contribution >= 0.6 is 0 Å². The molecule has 0 aliphatic heterocycles. The van der Waals surface area contributed by atoms with Gasteiger partial charge in [-0.25, -0.2) is 8.78 Å². The summed E-state index contributed by atoms with van der Waals surface area (Å²) in [6, 6.07) is 4.01. The summed E-state index contributed by atoms with van der Waals surface area (Å²) in [6.45, 7) is 0. The number of nitrogens with zero attached hydrogens (tertiary/aromatic N) is 1. The predicted molar refractivity (Wildman–Crippen MR) is 73.6 cm³/mol. The van der Waals surface area contributed by atoms with Crippen molar-refractivity contribution in [3.05, 3.63) is 35.4 Å². The van der Waals surface area contributed by atoms with E-state index in [9.17, 15) is 13.6 Å². The summed E-state index contributed by atoms with van der Waals surface area (Å²) in [6.07, 6.45) is 3.64. The summed E-state index contributed by atoms with van der Waals surface area (Å²) in [5.74, 6) is -2.18. The molecule has 1 N–H and O–H groups in total. The minimum absolute atomic E-state index is 0.0473. The first kappa shape index (κ1) is 14.9. The molecule has 110 valence electrons. The quantitative estimate of drug-likeness (QED) is 0.924. The number of benzene rings is 1. The second kappa shape index (κ2) is 6.31. The summed E-state index contributed by atoms with van der Waals surface area (Å²) in [5, 5.41) is 3.22. The van der Waals surface area contributed by atoms with E-state index in [1.807, 2.05) is 7.05 Å². The van der Waals surface area contributed by atoms with Crippen LogP contribution in [0.15, 0.2) is 18.2 Å². The molecular weight excluding hydrogens is 262 g/mol. The number of hydrogen-bond acceptors (Lipinski definition) is 2. The van der Waals surface area contributed by atoms with Gasteiger partial charge in [0.1, 0.15) is 17.2 Å². The van der Waals surface area contributed by atoms with Crippen LogP contribution in [-0.2, 0) is 0 Å². The van der Waals surface area contributed by atoms with Gasteiger partial charge in [-0.2, -0.15) is 0 Å². The first-order valence-electron chi connectivity index (χ1n) is 6.93. The molecule has 1 aliphatic carbocycles. The van der Waals surface area contributed by atoms with E-state index < -0.39 is 23.1 Å². The Labute approximate surface area is 118 Å². The van der Waals surface area contributed by atoms with E-state index in [1.54, 1.807) is 7.05 Å². The molecule has 0 bridgehead atoms. The van der Waals surface area contributed by atoms with E-state index in [4.69, 9.17) is 0 Å². The highest BCUT2D eigenvalue weighted by Gasteiger charge is 2.29. The van der Waals surface area contributed by atoms with Gasteiger partial charge in [0.15, 0.2) is 0 Å². The van der Waals surface area contributed by atoms with Crippen LogP contribution in [0.4, 0.5) is 8.78 Å². The largest absolute Gasteiger partial charge is 0.339 e. The highest BCUT2D eigenvalue weighted by molar-refractivity contribution is 5.94. The maximum Gasteiger partial charge on any atom is 0.259 e. The van der Waals surface area contributed by atoms with Crippen molar-refractivity contribution in [2.24, 2.45) is 0 Å². The van der Waals surface area contributed by atoms with Gasteiger partial charge in [0.2, 0.25) is 0 Å². The van der Waals surface area contributed by atoms with Crippen molar-refractivity contribution in [3.63, 3.8) is 0 Å². The molecule has 0 saturated heterocycles. The molecule has 5 heteroatoms. The lowest BCUT2D eigenvalue weighted by Gasteiger charge is -2.34. The fourth-order valence-corrected chi connectivity index (χ4v) is 2.80. The third-order valence-corrected chi connectivity index (χ3v) is 4.15. The standard InChI is InChI=1S/C15H20F2N2O/c1-18-10-6-8-11(9-7-10)19(2)15(20)14-12(16)4-3-5-13(14)17/h3-5,10-11,18H,6-9H2,1-2H3. The summed E-state index contributed by atoms with van der Waals surface area (Å²) in [7, 11) is 3.55. The molecule has 20 heavy (non-hydrogen) atoms. The summed E-state index contributed by atoms with van der Waals surface area (Å²) in [5.41, 5.74) is -0.453. The molecule has 0 unspecified atom stereocenters. The zero-order chi connectivity index (χ0) is 14.7. The maximum atomic E-state index is 13.6. The highest BCUT2D eigenvalue weighted by atomic mass is 19.1. The lowest BCUT2D eigenvalue weighted by Crippen LogP contribution is -2.43. The van der Waals surface area contributed by atoms with E-state index >= 15 is 0 Å². The molecule has 0 heterocycles. The minimum Gasteiger partial charge on any atom is -0.339 e. The summed E-state index contributed by atoms with van der Waals surface area (Å²) in [4.78, 5) is 13.7. The van der Waals surface area contributed by atoms with Gasteiger partial charge >= 0.3 is 0 Å². The molecule has 2 rings (SSSR count). The Balaban J connectivity index is 2.10. The number of carbonyl (C=O) groups is 1. The minimum atomic E-state index is -0.800. The third-order valence-electron chi connectivity index (χ3n) is 4.15. The number of carbonyl (C=O) groups excluding carboxylic acids is 1. The van der Waals surface area contributed by atoms with E-state index in [0.717, 1.165) is 37.8 Å². The number of amides is 1. The molecule has 1 saturated carbocycles. The van der Waals surface area contributed by atoms with Crippen molar-refractivity contribution in [1.29, 1.82) is 0 Å². The first-order valence-corrected chi connectivity index (χ1v) is 6.93. The average molecular weight is 282 g/mol. The van der Waals surface area contributed by atoms with Crippen LogP contribution in [0.3, 0.4) is 0 Å². The fraction of sp³-hybridized carbons (Fsp3) is 0.533. The van der Waals surface area contributed by atoms with Gasteiger partial charge in [0.25, 0.3) is 5.91 Å². The Morgan fingerprint density at radius 3 is 2.25 bits per heavy atom. The van der Waals surface area contributed by atoms with Crippen LogP contribution < -0.4 is 5.32 Å². The molecule has 0 radical (unpaired) electrons. The van der Waals surface area contributed by atoms with Gasteiger partial charge in [0.05, 0.1) is 0 Å². The van der Waals surface area contributed by atoms with Crippen LogP contribution in [0.5, 0.6) is 0 Å². The topological polar surface area (TPSA) is 32.3 Å². The molecule has 0 aromatic heterocycles. The second-order valence-corrected chi connectivity index (χ2v) is 5.31. The van der Waals surface area contributed by atoms with Crippen LogP contribution in [0.1, 0.15) is 36.0 Å². The van der Waals surface area contributed by atoms with Crippen LogP contribution in [0, 0.1) is 11.6 Å². The Kier molecular flexibility index (Phi) is 4.70. The molecule has 1 fully saturated rings. The van der Waals surface area contributed by atoms with Crippen molar-refractivity contribution >= 4 is 5.91 Å².